The quantitative estimate of drug-likeness (QED) is 0.628. The van der Waals surface area contributed by atoms with Crippen LogP contribution in [0.4, 0.5) is 18.9 Å². The molecule has 0 saturated heterocycles. The average Bonchev–Trinajstić information content (AvgIpc) is 3.30. The maximum Gasteiger partial charge on any atom is 0.471 e. The Morgan fingerprint density at radius 3 is 2.41 bits per heavy atom. The van der Waals surface area contributed by atoms with Gasteiger partial charge >= 0.3 is 12.1 Å². The van der Waals surface area contributed by atoms with Gasteiger partial charge in [0.25, 0.3) is 0 Å². The number of rotatable bonds is 7. The van der Waals surface area contributed by atoms with Crippen LogP contribution in [0.25, 0.3) is 0 Å². The van der Waals surface area contributed by atoms with Gasteiger partial charge in [-0.1, -0.05) is 25.3 Å². The second-order valence-electron chi connectivity index (χ2n) is 7.47. The monoisotopic (exact) mass is 470 g/mol. The first kappa shape index (κ1) is 23.9. The van der Waals surface area contributed by atoms with Crippen molar-refractivity contribution >= 4 is 28.8 Å². The van der Waals surface area contributed by atoms with Gasteiger partial charge < -0.3 is 14.8 Å². The minimum atomic E-state index is -5.21. The predicted octanol–water partition coefficient (Wildman–Crippen LogP) is 4.85. The zero-order chi connectivity index (χ0) is 23.3. The minimum absolute atomic E-state index is 0.00965. The SMILES string of the molecule is COc1ccc(OC)c(N(C(=O)C(F)(F)F)[C@@H](C(=O)NC2CCCCC2)c2cccs2)c1. The van der Waals surface area contributed by atoms with Gasteiger partial charge in [0.15, 0.2) is 6.04 Å². The summed E-state index contributed by atoms with van der Waals surface area (Å²) >= 11 is 1.10. The molecular weight excluding hydrogens is 445 g/mol. The van der Waals surface area contributed by atoms with Crippen LogP contribution in [-0.4, -0.2) is 38.3 Å². The highest BCUT2D eigenvalue weighted by Gasteiger charge is 2.48. The van der Waals surface area contributed by atoms with Crippen LogP contribution in [0, 0.1) is 0 Å². The normalized spacial score (nSPS) is 15.7. The molecule has 1 heterocycles. The fourth-order valence-corrected chi connectivity index (χ4v) is 4.65. The average molecular weight is 471 g/mol. The van der Waals surface area contributed by atoms with Crippen LogP contribution in [0.3, 0.4) is 0 Å². The minimum Gasteiger partial charge on any atom is -0.497 e. The van der Waals surface area contributed by atoms with Crippen LogP contribution in [-0.2, 0) is 9.59 Å². The van der Waals surface area contributed by atoms with Gasteiger partial charge in [0.2, 0.25) is 5.91 Å². The van der Waals surface area contributed by atoms with Crippen molar-refractivity contribution in [3.63, 3.8) is 0 Å². The number of ether oxygens (including phenoxy) is 2. The lowest BCUT2D eigenvalue weighted by Crippen LogP contribution is -2.50. The standard InChI is InChI=1S/C22H25F3N2O4S/c1-30-15-10-11-17(31-2)16(13-15)27(21(29)22(23,24)25)19(18-9-6-12-32-18)20(28)26-14-7-4-3-5-8-14/h6,9-14,19H,3-5,7-8H2,1-2H3,(H,26,28)/t19-/m1/s1. The van der Waals surface area contributed by atoms with Gasteiger partial charge in [-0.25, -0.2) is 0 Å². The molecule has 0 unspecified atom stereocenters. The molecule has 0 aliphatic heterocycles. The summed E-state index contributed by atoms with van der Waals surface area (Å²) in [5.41, 5.74) is -0.202. The molecule has 2 aromatic rings. The first-order valence-corrected chi connectivity index (χ1v) is 11.1. The number of alkyl halides is 3. The molecule has 0 bridgehead atoms. The highest BCUT2D eigenvalue weighted by molar-refractivity contribution is 7.10. The lowest BCUT2D eigenvalue weighted by Gasteiger charge is -2.33. The number of carbonyl (C=O) groups is 2. The molecule has 1 aromatic carbocycles. The summed E-state index contributed by atoms with van der Waals surface area (Å²) < 4.78 is 51.6. The number of hydrogen-bond donors (Lipinski definition) is 1. The van der Waals surface area contributed by atoms with Crippen molar-refractivity contribution in [3.8, 4) is 11.5 Å². The molecule has 32 heavy (non-hydrogen) atoms. The van der Waals surface area contributed by atoms with E-state index in [9.17, 15) is 22.8 Å². The van der Waals surface area contributed by atoms with Crippen molar-refractivity contribution < 1.29 is 32.2 Å². The number of anilines is 1. The third kappa shape index (κ3) is 5.35. The number of nitrogens with zero attached hydrogens (tertiary/aromatic N) is 1. The van der Waals surface area contributed by atoms with Crippen molar-refractivity contribution in [1.82, 2.24) is 5.32 Å². The second-order valence-corrected chi connectivity index (χ2v) is 8.45. The van der Waals surface area contributed by atoms with Crippen molar-refractivity contribution in [3.05, 3.63) is 40.6 Å². The molecule has 1 atom stereocenters. The van der Waals surface area contributed by atoms with Gasteiger partial charge in [0.05, 0.1) is 19.9 Å². The fraction of sp³-hybridized carbons (Fsp3) is 0.455. The van der Waals surface area contributed by atoms with Crippen LogP contribution in [0.2, 0.25) is 0 Å². The lowest BCUT2D eigenvalue weighted by molar-refractivity contribution is -0.171. The van der Waals surface area contributed by atoms with Gasteiger partial charge in [0, 0.05) is 17.0 Å². The Labute approximate surface area is 188 Å². The van der Waals surface area contributed by atoms with Gasteiger partial charge in [-0.05, 0) is 36.4 Å². The van der Waals surface area contributed by atoms with Crippen molar-refractivity contribution in [1.29, 1.82) is 0 Å². The van der Waals surface area contributed by atoms with E-state index >= 15 is 0 Å². The first-order valence-electron chi connectivity index (χ1n) is 10.2. The van der Waals surface area contributed by atoms with Crippen LogP contribution in [0.15, 0.2) is 35.7 Å². The fourth-order valence-electron chi connectivity index (χ4n) is 3.83. The largest absolute Gasteiger partial charge is 0.497 e. The molecule has 3 rings (SSSR count). The number of halogens is 3. The Bertz CT molecular complexity index is 928. The number of thiophene rings is 1. The van der Waals surface area contributed by atoms with E-state index in [2.05, 4.69) is 5.32 Å². The third-order valence-electron chi connectivity index (χ3n) is 5.38. The van der Waals surface area contributed by atoms with Crippen molar-refractivity contribution in [2.45, 2.75) is 50.4 Å². The summed E-state index contributed by atoms with van der Waals surface area (Å²) in [6.45, 7) is 0. The zero-order valence-corrected chi connectivity index (χ0v) is 18.6. The van der Waals surface area contributed by atoms with E-state index in [1.54, 1.807) is 17.5 Å². The second kappa shape index (κ2) is 10.2. The number of nitrogens with one attached hydrogen (secondary N) is 1. The van der Waals surface area contributed by atoms with Gasteiger partial charge in [-0.15, -0.1) is 11.3 Å². The summed E-state index contributed by atoms with van der Waals surface area (Å²) in [7, 11) is 2.64. The summed E-state index contributed by atoms with van der Waals surface area (Å²) in [4.78, 5) is 26.8. The number of carbonyl (C=O) groups excluding carboxylic acids is 2. The molecule has 0 spiro atoms. The number of hydrogen-bond acceptors (Lipinski definition) is 5. The van der Waals surface area contributed by atoms with Crippen LogP contribution >= 0.6 is 11.3 Å². The Balaban J connectivity index is 2.12. The van der Waals surface area contributed by atoms with E-state index in [0.717, 1.165) is 43.4 Å². The topological polar surface area (TPSA) is 67.9 Å². The summed E-state index contributed by atoms with van der Waals surface area (Å²) in [5.74, 6) is -2.60. The number of amides is 2. The maximum absolute atomic E-state index is 13.7. The Hall–Kier alpha value is -2.75. The summed E-state index contributed by atoms with van der Waals surface area (Å²) in [6, 6.07) is 5.66. The molecule has 1 N–H and O–H groups in total. The molecule has 1 fully saturated rings. The molecule has 0 radical (unpaired) electrons. The highest BCUT2D eigenvalue weighted by atomic mass is 32.1. The lowest BCUT2D eigenvalue weighted by atomic mass is 9.95. The molecular formula is C22H25F3N2O4S. The molecule has 1 saturated carbocycles. The molecule has 2 amide bonds. The third-order valence-corrected chi connectivity index (χ3v) is 6.30. The van der Waals surface area contributed by atoms with Crippen molar-refractivity contribution in [2.24, 2.45) is 0 Å². The molecule has 1 aromatic heterocycles. The van der Waals surface area contributed by atoms with E-state index in [0.29, 0.717) is 9.78 Å². The van der Waals surface area contributed by atoms with E-state index in [-0.39, 0.29) is 23.2 Å². The molecule has 174 valence electrons. The predicted molar refractivity (Wildman–Crippen MR) is 115 cm³/mol. The number of benzene rings is 1. The molecule has 6 nitrogen and oxygen atoms in total. The van der Waals surface area contributed by atoms with Gasteiger partial charge in [-0.3, -0.25) is 14.5 Å². The van der Waals surface area contributed by atoms with Crippen LogP contribution in [0.5, 0.6) is 11.5 Å². The van der Waals surface area contributed by atoms with E-state index in [4.69, 9.17) is 9.47 Å². The first-order chi connectivity index (χ1) is 15.3. The summed E-state index contributed by atoms with van der Waals surface area (Å²) in [6.07, 6.45) is -0.792. The van der Waals surface area contributed by atoms with E-state index in [1.807, 2.05) is 0 Å². The van der Waals surface area contributed by atoms with E-state index < -0.39 is 24.0 Å². The molecule has 10 heteroatoms. The Morgan fingerprint density at radius 1 is 1.12 bits per heavy atom. The highest BCUT2D eigenvalue weighted by Crippen LogP contribution is 2.41. The molecule has 1 aliphatic carbocycles. The smallest absolute Gasteiger partial charge is 0.471 e. The van der Waals surface area contributed by atoms with Crippen molar-refractivity contribution in [2.75, 3.05) is 19.1 Å². The molecule has 1 aliphatic rings. The Kier molecular flexibility index (Phi) is 7.65. The zero-order valence-electron chi connectivity index (χ0n) is 17.8. The van der Waals surface area contributed by atoms with Crippen LogP contribution in [0.1, 0.15) is 43.0 Å². The van der Waals surface area contributed by atoms with Gasteiger partial charge in [0.1, 0.15) is 11.5 Å². The van der Waals surface area contributed by atoms with E-state index in [1.165, 1.54) is 32.4 Å². The van der Waals surface area contributed by atoms with Gasteiger partial charge in [-0.2, -0.15) is 13.2 Å². The Morgan fingerprint density at radius 2 is 1.84 bits per heavy atom. The maximum atomic E-state index is 13.7. The van der Waals surface area contributed by atoms with Crippen LogP contribution < -0.4 is 19.7 Å². The summed E-state index contributed by atoms with van der Waals surface area (Å²) in [5, 5.41) is 4.51. The number of methoxy groups -OCH3 is 2.